The lowest BCUT2D eigenvalue weighted by molar-refractivity contribution is 0.0547. The first-order valence-corrected chi connectivity index (χ1v) is 8.83. The molecular weight excluding hydrogens is 335 g/mol. The van der Waals surface area contributed by atoms with Gasteiger partial charge in [0.05, 0.1) is 18.1 Å². The molecule has 0 spiro atoms. The summed E-state index contributed by atoms with van der Waals surface area (Å²) in [5.74, 6) is 0.377. The van der Waals surface area contributed by atoms with E-state index in [4.69, 9.17) is 4.74 Å². The number of ether oxygens (including phenoxy) is 1. The van der Waals surface area contributed by atoms with Crippen LogP contribution in [0.3, 0.4) is 0 Å². The molecule has 6 nitrogen and oxygen atoms in total. The van der Waals surface area contributed by atoms with Gasteiger partial charge in [0.25, 0.3) is 0 Å². The molecule has 0 saturated heterocycles. The van der Waals surface area contributed by atoms with Crippen molar-refractivity contribution in [3.63, 3.8) is 0 Å². The Balaban J connectivity index is 1.79. The smallest absolute Gasteiger partial charge is 0.417 e. The van der Waals surface area contributed by atoms with Crippen LogP contribution in [-0.4, -0.2) is 38.9 Å². The summed E-state index contributed by atoms with van der Waals surface area (Å²) in [6.07, 6.45) is 6.86. The van der Waals surface area contributed by atoms with E-state index < -0.39 is 17.9 Å². The third-order valence-corrected chi connectivity index (χ3v) is 4.24. The zero-order valence-electron chi connectivity index (χ0n) is 15.6. The molecule has 2 aromatic heterocycles. The third-order valence-electron chi connectivity index (χ3n) is 4.24. The Hall–Kier alpha value is -2.44. The molecule has 2 aromatic rings. The summed E-state index contributed by atoms with van der Waals surface area (Å²) in [5, 5.41) is 0. The van der Waals surface area contributed by atoms with E-state index in [0.717, 1.165) is 11.3 Å². The Morgan fingerprint density at radius 1 is 1.35 bits per heavy atom. The highest BCUT2D eigenvalue weighted by atomic mass is 19.1. The van der Waals surface area contributed by atoms with Crippen LogP contribution in [0.5, 0.6) is 0 Å². The topological polar surface area (TPSA) is 60.2 Å². The van der Waals surface area contributed by atoms with Crippen molar-refractivity contribution in [1.29, 1.82) is 0 Å². The fourth-order valence-electron chi connectivity index (χ4n) is 2.87. The van der Waals surface area contributed by atoms with Crippen LogP contribution >= 0.6 is 0 Å². The van der Waals surface area contributed by atoms with E-state index in [1.165, 1.54) is 4.90 Å². The molecule has 2 heterocycles. The molecule has 0 unspecified atom stereocenters. The van der Waals surface area contributed by atoms with E-state index in [1.807, 2.05) is 50.7 Å². The summed E-state index contributed by atoms with van der Waals surface area (Å²) < 4.78 is 20.6. The third kappa shape index (κ3) is 4.39. The van der Waals surface area contributed by atoms with Crippen LogP contribution in [0.4, 0.5) is 15.1 Å². The molecule has 0 aromatic carbocycles. The van der Waals surface area contributed by atoms with Crippen molar-refractivity contribution in [2.75, 3.05) is 11.4 Å². The molecule has 0 atom stereocenters. The van der Waals surface area contributed by atoms with Gasteiger partial charge in [-0.3, -0.25) is 0 Å². The molecule has 1 aliphatic carbocycles. The number of aryl methyl sites for hydroxylation is 1. The monoisotopic (exact) mass is 360 g/mol. The first kappa shape index (κ1) is 18.4. The van der Waals surface area contributed by atoms with Crippen molar-refractivity contribution in [3.05, 3.63) is 36.4 Å². The number of carbonyl (C=O) groups excluding carboxylic acids is 1. The quantitative estimate of drug-likeness (QED) is 0.825. The van der Waals surface area contributed by atoms with E-state index in [-0.39, 0.29) is 11.9 Å². The second-order valence-corrected chi connectivity index (χ2v) is 7.86. The Morgan fingerprint density at radius 3 is 2.50 bits per heavy atom. The largest absolute Gasteiger partial charge is 0.443 e. The molecular formula is C19H25FN4O2. The normalized spacial score (nSPS) is 19.7. The summed E-state index contributed by atoms with van der Waals surface area (Å²) in [4.78, 5) is 22.7. The lowest BCUT2D eigenvalue weighted by Crippen LogP contribution is -2.43. The van der Waals surface area contributed by atoms with E-state index in [9.17, 15) is 9.18 Å². The number of anilines is 1. The van der Waals surface area contributed by atoms with E-state index in [1.54, 1.807) is 12.4 Å². The maximum Gasteiger partial charge on any atom is 0.417 e. The van der Waals surface area contributed by atoms with Crippen LogP contribution in [0.25, 0.3) is 5.69 Å². The number of carbonyl (C=O) groups is 1. The van der Waals surface area contributed by atoms with E-state index in [2.05, 4.69) is 9.97 Å². The maximum atomic E-state index is 13.2. The summed E-state index contributed by atoms with van der Waals surface area (Å²) in [7, 11) is 0. The van der Waals surface area contributed by atoms with Crippen molar-refractivity contribution in [3.8, 4) is 5.69 Å². The summed E-state index contributed by atoms with van der Waals surface area (Å²) >= 11 is 0. The van der Waals surface area contributed by atoms with Gasteiger partial charge in [-0.25, -0.2) is 24.1 Å². The van der Waals surface area contributed by atoms with Crippen molar-refractivity contribution in [2.45, 2.75) is 52.3 Å². The lowest BCUT2D eigenvalue weighted by atomic mass is 9.83. The molecule has 0 N–H and O–H groups in total. The van der Waals surface area contributed by atoms with Gasteiger partial charge in [0, 0.05) is 18.9 Å². The fourth-order valence-corrected chi connectivity index (χ4v) is 2.87. The minimum absolute atomic E-state index is 0.105. The van der Waals surface area contributed by atoms with Crippen LogP contribution in [0, 0.1) is 12.8 Å². The standard InChI is InChI=1S/C19H25FN4O2/c1-13-5-6-23(11-13)16-9-21-17(22-10-16)24(12-14-7-15(20)8-14)18(25)26-19(2,3)4/h5-6,9-11,14-15H,7-8,12H2,1-4H3. The number of hydrogen-bond donors (Lipinski definition) is 0. The first-order valence-electron chi connectivity index (χ1n) is 8.83. The van der Waals surface area contributed by atoms with Gasteiger partial charge in [0.2, 0.25) is 5.95 Å². The zero-order valence-corrected chi connectivity index (χ0v) is 15.6. The Labute approximate surface area is 153 Å². The Kier molecular flexibility index (Phi) is 4.98. The molecule has 1 amide bonds. The van der Waals surface area contributed by atoms with Gasteiger partial charge in [-0.1, -0.05) is 0 Å². The predicted octanol–water partition coefficient (Wildman–Crippen LogP) is 4.07. The van der Waals surface area contributed by atoms with Crippen LogP contribution in [-0.2, 0) is 4.74 Å². The minimum Gasteiger partial charge on any atom is -0.443 e. The van der Waals surface area contributed by atoms with Crippen molar-refractivity contribution in [2.24, 2.45) is 5.92 Å². The van der Waals surface area contributed by atoms with Crippen LogP contribution in [0.2, 0.25) is 0 Å². The van der Waals surface area contributed by atoms with E-state index in [0.29, 0.717) is 19.4 Å². The van der Waals surface area contributed by atoms with Gasteiger partial charge in [-0.2, -0.15) is 0 Å². The molecule has 0 bridgehead atoms. The molecule has 0 radical (unpaired) electrons. The van der Waals surface area contributed by atoms with Crippen LogP contribution in [0.15, 0.2) is 30.9 Å². The van der Waals surface area contributed by atoms with Gasteiger partial charge in [-0.05, 0) is 58.1 Å². The van der Waals surface area contributed by atoms with E-state index >= 15 is 0 Å². The van der Waals surface area contributed by atoms with Gasteiger partial charge < -0.3 is 9.30 Å². The van der Waals surface area contributed by atoms with Crippen LogP contribution in [0.1, 0.15) is 39.2 Å². The average Bonchev–Trinajstić information content (AvgIpc) is 2.95. The van der Waals surface area contributed by atoms with Crippen molar-refractivity contribution >= 4 is 12.0 Å². The maximum absolute atomic E-state index is 13.2. The highest BCUT2D eigenvalue weighted by Gasteiger charge is 2.34. The molecule has 7 heteroatoms. The van der Waals surface area contributed by atoms with Crippen LogP contribution < -0.4 is 4.90 Å². The predicted molar refractivity (Wildman–Crippen MR) is 97.3 cm³/mol. The van der Waals surface area contributed by atoms with Gasteiger partial charge >= 0.3 is 6.09 Å². The number of halogens is 1. The number of amides is 1. The number of alkyl halides is 1. The Bertz CT molecular complexity index is 761. The van der Waals surface area contributed by atoms with Gasteiger partial charge in [0.15, 0.2) is 0 Å². The number of aromatic nitrogens is 3. The minimum atomic E-state index is -0.777. The molecule has 0 aliphatic heterocycles. The Morgan fingerprint density at radius 2 is 2.00 bits per heavy atom. The number of rotatable bonds is 4. The first-order chi connectivity index (χ1) is 12.2. The molecule has 1 saturated carbocycles. The molecule has 1 aliphatic rings. The number of hydrogen-bond acceptors (Lipinski definition) is 4. The average molecular weight is 360 g/mol. The van der Waals surface area contributed by atoms with Crippen molar-refractivity contribution < 1.29 is 13.9 Å². The summed E-state index contributed by atoms with van der Waals surface area (Å²) in [6.45, 7) is 7.79. The van der Waals surface area contributed by atoms with Gasteiger partial charge in [-0.15, -0.1) is 0 Å². The highest BCUT2D eigenvalue weighted by molar-refractivity contribution is 5.85. The summed E-state index contributed by atoms with van der Waals surface area (Å²) in [5.41, 5.74) is 1.31. The molecule has 26 heavy (non-hydrogen) atoms. The second-order valence-electron chi connectivity index (χ2n) is 7.86. The molecule has 1 fully saturated rings. The highest BCUT2D eigenvalue weighted by Crippen LogP contribution is 2.32. The van der Waals surface area contributed by atoms with Gasteiger partial charge in [0.1, 0.15) is 11.8 Å². The SMILES string of the molecule is Cc1ccn(-c2cnc(N(CC3CC(F)C3)C(=O)OC(C)(C)C)nc2)c1. The second kappa shape index (κ2) is 7.05. The zero-order chi connectivity index (χ0) is 18.9. The molecule has 3 rings (SSSR count). The lowest BCUT2D eigenvalue weighted by Gasteiger charge is -2.34. The number of nitrogens with zero attached hydrogens (tertiary/aromatic N) is 4. The van der Waals surface area contributed by atoms with Crippen molar-refractivity contribution in [1.82, 2.24) is 14.5 Å². The molecule has 140 valence electrons. The summed E-state index contributed by atoms with van der Waals surface area (Å²) in [6, 6.07) is 1.99. The fraction of sp³-hybridized carbons (Fsp3) is 0.526.